The number of hydrogen-bond acceptors (Lipinski definition) is 6. The molecule has 1 aromatic carbocycles. The number of nitrogens with one attached hydrogen (secondary N) is 1. The van der Waals surface area contributed by atoms with Gasteiger partial charge in [0.25, 0.3) is 0 Å². The maximum absolute atomic E-state index is 5.50. The van der Waals surface area contributed by atoms with Crippen LogP contribution in [0.25, 0.3) is 10.9 Å². The highest BCUT2D eigenvalue weighted by molar-refractivity contribution is 8.04. The third-order valence-electron chi connectivity index (χ3n) is 5.72. The summed E-state index contributed by atoms with van der Waals surface area (Å²) in [6.45, 7) is 8.24. The third kappa shape index (κ3) is 5.42. The predicted molar refractivity (Wildman–Crippen MR) is 121 cm³/mol. The molecule has 6 heteroatoms. The van der Waals surface area contributed by atoms with E-state index in [1.165, 1.54) is 25.7 Å². The minimum Gasteiger partial charge on any atom is -0.379 e. The van der Waals surface area contributed by atoms with Gasteiger partial charge in [-0.2, -0.15) is 0 Å². The third-order valence-corrected chi connectivity index (χ3v) is 6.42. The quantitative estimate of drug-likeness (QED) is 0.765. The summed E-state index contributed by atoms with van der Waals surface area (Å²) >= 11 is 1.66. The fourth-order valence-electron chi connectivity index (χ4n) is 4.18. The van der Waals surface area contributed by atoms with Gasteiger partial charge in [0.05, 0.1) is 18.7 Å². The summed E-state index contributed by atoms with van der Waals surface area (Å²) in [6.07, 6.45) is 6.49. The summed E-state index contributed by atoms with van der Waals surface area (Å²) in [4.78, 5) is 11.6. The Bertz CT molecular complexity index is 877. The van der Waals surface area contributed by atoms with E-state index in [-0.39, 0.29) is 0 Å². The molecule has 2 aromatic rings. The number of ether oxygens (including phenoxy) is 1. The van der Waals surface area contributed by atoms with E-state index >= 15 is 0 Å². The Labute approximate surface area is 178 Å². The largest absolute Gasteiger partial charge is 0.379 e. The van der Waals surface area contributed by atoms with Crippen LogP contribution in [0.5, 0.6) is 0 Å². The van der Waals surface area contributed by atoms with E-state index in [1.807, 2.05) is 12.1 Å². The van der Waals surface area contributed by atoms with E-state index in [9.17, 15) is 0 Å². The Morgan fingerprint density at radius 3 is 2.69 bits per heavy atom. The van der Waals surface area contributed by atoms with Gasteiger partial charge in [0.2, 0.25) is 0 Å². The second-order valence-electron chi connectivity index (χ2n) is 8.15. The highest BCUT2D eigenvalue weighted by Crippen LogP contribution is 2.28. The van der Waals surface area contributed by atoms with Crippen LogP contribution in [0.15, 0.2) is 24.5 Å². The zero-order valence-electron chi connectivity index (χ0n) is 17.4. The zero-order valence-corrected chi connectivity index (χ0v) is 18.2. The molecule has 4 rings (SSSR count). The van der Waals surface area contributed by atoms with Gasteiger partial charge < -0.3 is 10.1 Å². The molecule has 1 saturated carbocycles. The fourth-order valence-corrected chi connectivity index (χ4v) is 4.59. The maximum Gasteiger partial charge on any atom is 0.137 e. The lowest BCUT2D eigenvalue weighted by Gasteiger charge is -2.39. The molecule has 0 radical (unpaired) electrons. The van der Waals surface area contributed by atoms with E-state index in [1.54, 1.807) is 18.1 Å². The van der Waals surface area contributed by atoms with Crippen molar-refractivity contribution in [2.45, 2.75) is 56.9 Å². The molecule has 1 aliphatic carbocycles. The Hall–Kier alpha value is -1.81. The zero-order chi connectivity index (χ0) is 20.1. The van der Waals surface area contributed by atoms with Crippen molar-refractivity contribution in [3.8, 4) is 11.2 Å². The lowest BCUT2D eigenvalue weighted by atomic mass is 9.90. The standard InChI is InChI=1S/C23H30N4OS/c1-17(2)29-14-9-18-3-8-22-21(15-18)23(25-16-24-22)26-19-4-6-20(7-5-19)27-10-12-28-13-11-27/h3,8,15-17,19-20H,4-7,10-13H2,1-2H3,(H,24,25,26)/t19-,20-. The molecule has 0 unspecified atom stereocenters. The van der Waals surface area contributed by atoms with Gasteiger partial charge in [-0.25, -0.2) is 9.97 Å². The van der Waals surface area contributed by atoms with Gasteiger partial charge in [-0.05, 0) is 49.1 Å². The van der Waals surface area contributed by atoms with Crippen LogP contribution in [0.4, 0.5) is 5.82 Å². The Kier molecular flexibility index (Phi) is 6.91. The lowest BCUT2D eigenvalue weighted by Crippen LogP contribution is -2.46. The number of fused-ring (bicyclic) bond motifs is 1. The van der Waals surface area contributed by atoms with Crippen LogP contribution < -0.4 is 5.32 Å². The minimum atomic E-state index is 0.469. The van der Waals surface area contributed by atoms with Crippen molar-refractivity contribution < 1.29 is 4.74 Å². The van der Waals surface area contributed by atoms with Crippen LogP contribution in [0.1, 0.15) is 45.1 Å². The first-order valence-electron chi connectivity index (χ1n) is 10.7. The Balaban J connectivity index is 1.43. The van der Waals surface area contributed by atoms with Crippen molar-refractivity contribution in [1.82, 2.24) is 14.9 Å². The number of nitrogens with zero attached hydrogens (tertiary/aromatic N) is 3. The van der Waals surface area contributed by atoms with Gasteiger partial charge in [0.1, 0.15) is 12.1 Å². The summed E-state index contributed by atoms with van der Waals surface area (Å²) < 4.78 is 5.50. The van der Waals surface area contributed by atoms with Crippen molar-refractivity contribution in [2.24, 2.45) is 0 Å². The van der Waals surface area contributed by atoms with Gasteiger partial charge in [0.15, 0.2) is 0 Å². The van der Waals surface area contributed by atoms with Gasteiger partial charge in [-0.3, -0.25) is 4.90 Å². The van der Waals surface area contributed by atoms with Crippen LogP contribution in [-0.2, 0) is 4.74 Å². The number of rotatable bonds is 4. The first-order chi connectivity index (χ1) is 14.2. The summed E-state index contributed by atoms with van der Waals surface area (Å²) in [7, 11) is 0. The molecule has 1 N–H and O–H groups in total. The van der Waals surface area contributed by atoms with Crippen LogP contribution in [0, 0.1) is 11.2 Å². The molecule has 1 saturated heterocycles. The normalized spacial score (nSPS) is 23.0. The summed E-state index contributed by atoms with van der Waals surface area (Å²) in [5, 5.41) is 8.47. The SMILES string of the molecule is CC(C)SC#Cc1ccc2ncnc(N[C@H]3CC[C@H](N4CCOCC4)CC3)c2c1. The van der Waals surface area contributed by atoms with Crippen molar-refractivity contribution in [3.05, 3.63) is 30.1 Å². The van der Waals surface area contributed by atoms with Crippen LogP contribution in [0.3, 0.4) is 0 Å². The molecule has 2 heterocycles. The smallest absolute Gasteiger partial charge is 0.137 e. The molecule has 1 aliphatic heterocycles. The number of benzene rings is 1. The summed E-state index contributed by atoms with van der Waals surface area (Å²) in [6, 6.07) is 7.38. The average Bonchev–Trinajstić information content (AvgIpc) is 2.75. The van der Waals surface area contributed by atoms with Gasteiger partial charge in [-0.1, -0.05) is 31.5 Å². The van der Waals surface area contributed by atoms with E-state index < -0.39 is 0 Å². The van der Waals surface area contributed by atoms with Crippen LogP contribution in [-0.4, -0.2) is 58.5 Å². The number of hydrogen-bond donors (Lipinski definition) is 1. The lowest BCUT2D eigenvalue weighted by molar-refractivity contribution is 0.00791. The maximum atomic E-state index is 5.50. The molecule has 5 nitrogen and oxygen atoms in total. The van der Waals surface area contributed by atoms with Crippen molar-refractivity contribution in [2.75, 3.05) is 31.6 Å². The molecule has 0 atom stereocenters. The summed E-state index contributed by atoms with van der Waals surface area (Å²) in [5.74, 6) is 4.19. The molecular weight excluding hydrogens is 380 g/mol. The molecule has 29 heavy (non-hydrogen) atoms. The molecule has 2 aliphatic rings. The fraction of sp³-hybridized carbons (Fsp3) is 0.565. The highest BCUT2D eigenvalue weighted by Gasteiger charge is 2.27. The van der Waals surface area contributed by atoms with Gasteiger partial charge in [0, 0.05) is 41.4 Å². The van der Waals surface area contributed by atoms with E-state index in [2.05, 4.69) is 51.3 Å². The number of aromatic nitrogens is 2. The number of thioether (sulfide) groups is 1. The molecule has 0 amide bonds. The van der Waals surface area contributed by atoms with Gasteiger partial charge >= 0.3 is 0 Å². The predicted octanol–water partition coefficient (Wildman–Crippen LogP) is 4.14. The topological polar surface area (TPSA) is 50.3 Å². The second-order valence-corrected chi connectivity index (χ2v) is 9.53. The molecule has 1 aromatic heterocycles. The Morgan fingerprint density at radius 2 is 1.93 bits per heavy atom. The minimum absolute atomic E-state index is 0.469. The van der Waals surface area contributed by atoms with E-state index in [0.717, 1.165) is 48.6 Å². The van der Waals surface area contributed by atoms with Crippen molar-refractivity contribution in [3.63, 3.8) is 0 Å². The highest BCUT2D eigenvalue weighted by atomic mass is 32.2. The Morgan fingerprint density at radius 1 is 1.14 bits per heavy atom. The second kappa shape index (κ2) is 9.80. The van der Waals surface area contributed by atoms with Crippen LogP contribution >= 0.6 is 11.8 Å². The molecule has 2 fully saturated rings. The van der Waals surface area contributed by atoms with Crippen LogP contribution in [0.2, 0.25) is 0 Å². The molecule has 0 bridgehead atoms. The van der Waals surface area contributed by atoms with Crippen molar-refractivity contribution in [1.29, 1.82) is 0 Å². The van der Waals surface area contributed by atoms with E-state index in [4.69, 9.17) is 4.74 Å². The average molecular weight is 411 g/mol. The first kappa shape index (κ1) is 20.5. The number of anilines is 1. The first-order valence-corrected chi connectivity index (χ1v) is 11.6. The molecular formula is C23H30N4OS. The van der Waals surface area contributed by atoms with E-state index in [0.29, 0.717) is 17.3 Å². The van der Waals surface area contributed by atoms with Gasteiger partial charge in [-0.15, -0.1) is 0 Å². The molecule has 154 valence electrons. The monoisotopic (exact) mass is 410 g/mol. The molecule has 0 spiro atoms. The number of morpholine rings is 1. The van der Waals surface area contributed by atoms with Crippen molar-refractivity contribution >= 4 is 28.5 Å². The summed E-state index contributed by atoms with van der Waals surface area (Å²) in [5.41, 5.74) is 1.98.